The number of nitrogens with two attached hydrogens (primary N) is 1. The quantitative estimate of drug-likeness (QED) is 0.664. The Labute approximate surface area is 99.1 Å². The summed E-state index contributed by atoms with van der Waals surface area (Å²) < 4.78 is 5.15. The lowest BCUT2D eigenvalue weighted by Gasteiger charge is -2.07. The maximum absolute atomic E-state index is 11.2. The number of hydrogen-bond donors (Lipinski definition) is 3. The zero-order valence-electron chi connectivity index (χ0n) is 9.53. The number of hydrogen-bond acceptors (Lipinski definition) is 4. The molecule has 0 aliphatic heterocycles. The number of rotatable bonds is 4. The van der Waals surface area contributed by atoms with Gasteiger partial charge in [-0.15, -0.1) is 0 Å². The Morgan fingerprint density at radius 1 is 1.29 bits per heavy atom. The van der Waals surface area contributed by atoms with E-state index in [1.807, 2.05) is 0 Å². The van der Waals surface area contributed by atoms with E-state index in [1.54, 1.807) is 31.2 Å². The molecule has 92 valence electrons. The molecule has 3 amide bonds. The third-order valence-electron chi connectivity index (χ3n) is 1.84. The molecule has 1 aromatic rings. The van der Waals surface area contributed by atoms with Crippen molar-refractivity contribution in [3.8, 4) is 5.75 Å². The first-order chi connectivity index (χ1) is 8.11. The zero-order chi connectivity index (χ0) is 12.7. The number of carbonyl (C=O) groups excluding carboxylic acids is 2. The summed E-state index contributed by atoms with van der Waals surface area (Å²) in [7, 11) is 0. The average Bonchev–Trinajstić information content (AvgIpc) is 2.28. The molecule has 6 nitrogen and oxygen atoms in total. The van der Waals surface area contributed by atoms with Gasteiger partial charge >= 0.3 is 6.03 Å². The Bertz CT molecular complexity index is 389. The lowest BCUT2D eigenvalue weighted by atomic mass is 10.3. The van der Waals surface area contributed by atoms with Crippen molar-refractivity contribution < 1.29 is 14.3 Å². The van der Waals surface area contributed by atoms with Crippen LogP contribution in [0.1, 0.15) is 6.92 Å². The molecule has 0 bridgehead atoms. The van der Waals surface area contributed by atoms with Crippen molar-refractivity contribution in [3.05, 3.63) is 24.3 Å². The fourth-order valence-corrected chi connectivity index (χ4v) is 1.08. The first-order valence-electron chi connectivity index (χ1n) is 5.18. The second-order valence-corrected chi connectivity index (χ2v) is 3.27. The second kappa shape index (κ2) is 6.37. The fourth-order valence-electron chi connectivity index (χ4n) is 1.08. The number of carbonyl (C=O) groups is 2. The molecule has 1 rings (SSSR count). The van der Waals surface area contributed by atoms with Gasteiger partial charge in [-0.1, -0.05) is 0 Å². The molecule has 17 heavy (non-hydrogen) atoms. The van der Waals surface area contributed by atoms with Crippen LogP contribution in [0.3, 0.4) is 0 Å². The average molecular weight is 237 g/mol. The van der Waals surface area contributed by atoms with Gasteiger partial charge in [0.2, 0.25) is 0 Å². The van der Waals surface area contributed by atoms with E-state index in [0.717, 1.165) is 0 Å². The molecule has 0 aliphatic carbocycles. The standard InChI is InChI=1S/C11H15N3O3/c1-2-13-11(16)14-10(15)7-17-9-5-3-8(12)4-6-9/h3-6H,2,7,12H2,1H3,(H2,13,14,15,16). The van der Waals surface area contributed by atoms with E-state index in [0.29, 0.717) is 18.0 Å². The summed E-state index contributed by atoms with van der Waals surface area (Å²) in [6.07, 6.45) is 0. The number of nitrogens with one attached hydrogen (secondary N) is 2. The van der Waals surface area contributed by atoms with Crippen LogP contribution in [0.4, 0.5) is 10.5 Å². The highest BCUT2D eigenvalue weighted by atomic mass is 16.5. The number of anilines is 1. The van der Waals surface area contributed by atoms with E-state index < -0.39 is 11.9 Å². The number of amides is 3. The van der Waals surface area contributed by atoms with Gasteiger partial charge in [0.1, 0.15) is 5.75 Å². The van der Waals surface area contributed by atoms with Crippen molar-refractivity contribution in [2.24, 2.45) is 0 Å². The van der Waals surface area contributed by atoms with Gasteiger partial charge in [-0.25, -0.2) is 4.79 Å². The minimum atomic E-state index is -0.529. The minimum Gasteiger partial charge on any atom is -0.484 e. The predicted octanol–water partition coefficient (Wildman–Crippen LogP) is 0.493. The second-order valence-electron chi connectivity index (χ2n) is 3.27. The summed E-state index contributed by atoms with van der Waals surface area (Å²) in [4.78, 5) is 22.2. The van der Waals surface area contributed by atoms with E-state index >= 15 is 0 Å². The van der Waals surface area contributed by atoms with Crippen molar-refractivity contribution in [3.63, 3.8) is 0 Å². The lowest BCUT2D eigenvalue weighted by Crippen LogP contribution is -2.41. The molecular formula is C11H15N3O3. The molecule has 0 radical (unpaired) electrons. The normalized spacial score (nSPS) is 9.47. The van der Waals surface area contributed by atoms with Crippen LogP contribution in [0.25, 0.3) is 0 Å². The molecule has 0 saturated carbocycles. The molecular weight excluding hydrogens is 222 g/mol. The number of ether oxygens (including phenoxy) is 1. The number of nitrogen functional groups attached to an aromatic ring is 1. The summed E-state index contributed by atoms with van der Waals surface area (Å²) in [6, 6.07) is 6.09. The molecule has 0 aliphatic rings. The Balaban J connectivity index is 2.33. The highest BCUT2D eigenvalue weighted by Gasteiger charge is 2.06. The highest BCUT2D eigenvalue weighted by Crippen LogP contribution is 2.12. The van der Waals surface area contributed by atoms with Crippen molar-refractivity contribution in [1.82, 2.24) is 10.6 Å². The summed E-state index contributed by atoms with van der Waals surface area (Å²) in [5.74, 6) is 0.0121. The first-order valence-corrected chi connectivity index (χ1v) is 5.18. The summed E-state index contributed by atoms with van der Waals surface area (Å²) in [6.45, 7) is 1.99. The van der Waals surface area contributed by atoms with E-state index in [1.165, 1.54) is 0 Å². The number of benzene rings is 1. The van der Waals surface area contributed by atoms with Crippen LogP contribution < -0.4 is 21.1 Å². The van der Waals surface area contributed by atoms with Gasteiger partial charge in [-0.05, 0) is 31.2 Å². The van der Waals surface area contributed by atoms with Crippen LogP contribution in [0.2, 0.25) is 0 Å². The van der Waals surface area contributed by atoms with E-state index in [4.69, 9.17) is 10.5 Å². The van der Waals surface area contributed by atoms with Crippen molar-refractivity contribution >= 4 is 17.6 Å². The molecule has 0 saturated heterocycles. The summed E-state index contributed by atoms with van der Waals surface area (Å²) >= 11 is 0. The van der Waals surface area contributed by atoms with Gasteiger partial charge in [0, 0.05) is 12.2 Å². The van der Waals surface area contributed by atoms with Crippen LogP contribution in [0.15, 0.2) is 24.3 Å². The Morgan fingerprint density at radius 2 is 1.94 bits per heavy atom. The largest absolute Gasteiger partial charge is 0.484 e. The van der Waals surface area contributed by atoms with Crippen molar-refractivity contribution in [1.29, 1.82) is 0 Å². The maximum atomic E-state index is 11.2. The molecule has 0 atom stereocenters. The Hall–Kier alpha value is -2.24. The van der Waals surface area contributed by atoms with Crippen molar-refractivity contribution in [2.45, 2.75) is 6.92 Å². The topological polar surface area (TPSA) is 93.5 Å². The minimum absolute atomic E-state index is 0.221. The van der Waals surface area contributed by atoms with E-state index in [-0.39, 0.29) is 6.61 Å². The fraction of sp³-hybridized carbons (Fsp3) is 0.273. The molecule has 0 heterocycles. The first kappa shape index (κ1) is 12.8. The molecule has 0 spiro atoms. The van der Waals surface area contributed by atoms with Crippen molar-refractivity contribution in [2.75, 3.05) is 18.9 Å². The smallest absolute Gasteiger partial charge is 0.321 e. The van der Waals surface area contributed by atoms with Crippen LogP contribution >= 0.6 is 0 Å². The van der Waals surface area contributed by atoms with Gasteiger partial charge in [-0.3, -0.25) is 10.1 Å². The van der Waals surface area contributed by atoms with Gasteiger partial charge in [0.15, 0.2) is 6.61 Å². The molecule has 6 heteroatoms. The SMILES string of the molecule is CCNC(=O)NC(=O)COc1ccc(N)cc1. The van der Waals surface area contributed by atoms with Crippen LogP contribution in [0.5, 0.6) is 5.75 Å². The summed E-state index contributed by atoms with van der Waals surface area (Å²) in [5.41, 5.74) is 6.11. The van der Waals surface area contributed by atoms with Gasteiger partial charge in [0.25, 0.3) is 5.91 Å². The van der Waals surface area contributed by atoms with Crippen LogP contribution in [-0.2, 0) is 4.79 Å². The zero-order valence-corrected chi connectivity index (χ0v) is 9.53. The molecule has 0 fully saturated rings. The maximum Gasteiger partial charge on any atom is 0.321 e. The van der Waals surface area contributed by atoms with E-state index in [2.05, 4.69) is 10.6 Å². The van der Waals surface area contributed by atoms with Gasteiger partial charge in [-0.2, -0.15) is 0 Å². The Kier molecular flexibility index (Phi) is 4.80. The summed E-state index contributed by atoms with van der Waals surface area (Å²) in [5, 5.41) is 4.56. The molecule has 0 unspecified atom stereocenters. The molecule has 4 N–H and O–H groups in total. The highest BCUT2D eigenvalue weighted by molar-refractivity contribution is 5.94. The molecule has 0 aromatic heterocycles. The van der Waals surface area contributed by atoms with E-state index in [9.17, 15) is 9.59 Å². The number of imide groups is 1. The molecule has 1 aromatic carbocycles. The van der Waals surface area contributed by atoms with Gasteiger partial charge < -0.3 is 15.8 Å². The van der Waals surface area contributed by atoms with Crippen LogP contribution in [0, 0.1) is 0 Å². The third kappa shape index (κ3) is 4.87. The lowest BCUT2D eigenvalue weighted by molar-refractivity contribution is -0.122. The third-order valence-corrected chi connectivity index (χ3v) is 1.84. The van der Waals surface area contributed by atoms with Gasteiger partial charge in [0.05, 0.1) is 0 Å². The Morgan fingerprint density at radius 3 is 2.53 bits per heavy atom. The number of urea groups is 1. The predicted molar refractivity (Wildman–Crippen MR) is 63.6 cm³/mol. The monoisotopic (exact) mass is 237 g/mol. The van der Waals surface area contributed by atoms with Crippen LogP contribution in [-0.4, -0.2) is 25.1 Å².